The molecule has 0 bridgehead atoms. The molecule has 0 spiro atoms. The van der Waals surface area contributed by atoms with Crippen molar-refractivity contribution < 1.29 is 44.4 Å². The lowest BCUT2D eigenvalue weighted by Crippen LogP contribution is -2.46. The first kappa shape index (κ1) is 29.5. The van der Waals surface area contributed by atoms with Gasteiger partial charge in [-0.05, 0) is 12.0 Å². The van der Waals surface area contributed by atoms with Gasteiger partial charge in [0, 0.05) is 44.2 Å². The number of hydrogen-bond donors (Lipinski definition) is 5. The van der Waals surface area contributed by atoms with E-state index in [1.165, 1.54) is 9.80 Å². The van der Waals surface area contributed by atoms with Crippen molar-refractivity contribution in [3.05, 3.63) is 10.4 Å². The van der Waals surface area contributed by atoms with Gasteiger partial charge in [-0.15, -0.1) is 0 Å². The highest BCUT2D eigenvalue weighted by Gasteiger charge is 2.19. The summed E-state index contributed by atoms with van der Waals surface area (Å²) in [5.74, 6) is -5.31. The zero-order valence-electron chi connectivity index (χ0n) is 18.0. The van der Waals surface area contributed by atoms with E-state index in [2.05, 4.69) is 15.3 Å². The summed E-state index contributed by atoms with van der Waals surface area (Å²) < 4.78 is 0. The molecule has 16 heteroatoms. The van der Waals surface area contributed by atoms with Crippen molar-refractivity contribution in [1.29, 1.82) is 0 Å². The maximum Gasteiger partial charge on any atom is 0.317 e. The van der Waals surface area contributed by atoms with Crippen molar-refractivity contribution in [2.75, 3.05) is 72.0 Å². The minimum absolute atomic E-state index is 0.0133. The number of carbonyl (C=O) groups excluding carboxylic acids is 1. The summed E-state index contributed by atoms with van der Waals surface area (Å²) in [7, 11) is 0. The maximum atomic E-state index is 12.0. The fourth-order valence-electron chi connectivity index (χ4n) is 2.71. The third kappa shape index (κ3) is 17.9. The van der Waals surface area contributed by atoms with Gasteiger partial charge >= 0.3 is 23.9 Å². The van der Waals surface area contributed by atoms with Crippen molar-refractivity contribution in [3.63, 3.8) is 0 Å². The smallest absolute Gasteiger partial charge is 0.317 e. The summed E-state index contributed by atoms with van der Waals surface area (Å²) in [5, 5.41) is 41.9. The van der Waals surface area contributed by atoms with Crippen LogP contribution in [0.25, 0.3) is 10.4 Å². The van der Waals surface area contributed by atoms with Crippen LogP contribution in [0.5, 0.6) is 0 Å². The molecule has 0 aromatic rings. The number of rotatable bonds is 20. The van der Waals surface area contributed by atoms with Crippen LogP contribution in [0.3, 0.4) is 0 Å². The molecule has 0 aromatic carbocycles. The van der Waals surface area contributed by atoms with E-state index in [1.807, 2.05) is 0 Å². The van der Waals surface area contributed by atoms with Gasteiger partial charge in [-0.2, -0.15) is 0 Å². The SMILES string of the molecule is [N-]=[N+]=NCCCNC(=O)CN(CCN(CCN(CC(=O)O)CC(=O)O)CC(=O)O)CC(=O)O. The molecule has 0 heterocycles. The predicted octanol–water partition coefficient (Wildman–Crippen LogP) is -1.95. The Bertz CT molecular complexity index is 712. The Morgan fingerprint density at radius 1 is 0.697 bits per heavy atom. The fourth-order valence-corrected chi connectivity index (χ4v) is 2.71. The number of carboxylic acids is 4. The van der Waals surface area contributed by atoms with Crippen LogP contribution in [-0.4, -0.2) is 137 Å². The van der Waals surface area contributed by atoms with Gasteiger partial charge in [0.25, 0.3) is 0 Å². The molecule has 186 valence electrons. The van der Waals surface area contributed by atoms with Crippen molar-refractivity contribution >= 4 is 29.8 Å². The van der Waals surface area contributed by atoms with Gasteiger partial charge in [0.15, 0.2) is 0 Å². The minimum atomic E-state index is -1.24. The molecule has 0 saturated carbocycles. The Morgan fingerprint density at radius 3 is 1.52 bits per heavy atom. The van der Waals surface area contributed by atoms with Crippen molar-refractivity contribution in [2.24, 2.45) is 5.11 Å². The summed E-state index contributed by atoms with van der Waals surface area (Å²) in [6.07, 6.45) is 0.407. The molecule has 5 N–H and O–H groups in total. The fraction of sp³-hybridized carbons (Fsp3) is 0.706. The van der Waals surface area contributed by atoms with Gasteiger partial charge in [-0.25, -0.2) is 0 Å². The third-order valence-corrected chi connectivity index (χ3v) is 4.09. The van der Waals surface area contributed by atoms with Crippen LogP contribution < -0.4 is 5.32 Å². The summed E-state index contributed by atoms with van der Waals surface area (Å²) in [5.41, 5.74) is 8.19. The van der Waals surface area contributed by atoms with E-state index >= 15 is 0 Å². The highest BCUT2D eigenvalue weighted by molar-refractivity contribution is 5.79. The lowest BCUT2D eigenvalue weighted by molar-refractivity contribution is -0.143. The number of aliphatic carboxylic acids is 4. The van der Waals surface area contributed by atoms with Crippen LogP contribution >= 0.6 is 0 Å². The van der Waals surface area contributed by atoms with Crippen LogP contribution in [-0.2, 0) is 24.0 Å². The molecule has 33 heavy (non-hydrogen) atoms. The topological polar surface area (TPSA) is 237 Å². The second kappa shape index (κ2) is 17.1. The first-order valence-corrected chi connectivity index (χ1v) is 9.85. The molecule has 0 radical (unpaired) electrons. The van der Waals surface area contributed by atoms with Crippen LogP contribution in [0.15, 0.2) is 5.11 Å². The Kier molecular flexibility index (Phi) is 15.3. The zero-order valence-corrected chi connectivity index (χ0v) is 18.0. The quantitative estimate of drug-likeness (QED) is 0.0559. The highest BCUT2D eigenvalue weighted by atomic mass is 16.4. The monoisotopic (exact) mass is 475 g/mol. The second-order valence-corrected chi connectivity index (χ2v) is 6.93. The summed E-state index contributed by atoms with van der Waals surface area (Å²) in [4.78, 5) is 62.5. The second-order valence-electron chi connectivity index (χ2n) is 6.93. The van der Waals surface area contributed by atoms with E-state index in [4.69, 9.17) is 26.0 Å². The Labute approximate surface area is 189 Å². The number of nitrogens with one attached hydrogen (secondary N) is 1. The van der Waals surface area contributed by atoms with E-state index in [9.17, 15) is 24.0 Å². The van der Waals surface area contributed by atoms with Crippen LogP contribution in [0.1, 0.15) is 6.42 Å². The molecule has 0 rings (SSSR count). The van der Waals surface area contributed by atoms with E-state index < -0.39 is 56.0 Å². The molecular formula is C17H29N7O9. The minimum Gasteiger partial charge on any atom is -0.480 e. The first-order chi connectivity index (χ1) is 15.5. The summed E-state index contributed by atoms with van der Waals surface area (Å²) in [6.45, 7) is -1.82. The molecule has 0 aliphatic carbocycles. The molecule has 16 nitrogen and oxygen atoms in total. The number of nitrogens with zero attached hydrogens (tertiary/aromatic N) is 6. The average Bonchev–Trinajstić information content (AvgIpc) is 2.67. The van der Waals surface area contributed by atoms with Gasteiger partial charge in [0.05, 0.1) is 32.7 Å². The third-order valence-electron chi connectivity index (χ3n) is 4.09. The van der Waals surface area contributed by atoms with E-state index in [1.54, 1.807) is 0 Å². The molecule has 0 aromatic heterocycles. The molecule has 0 aliphatic heterocycles. The Hall–Kier alpha value is -3.46. The number of carboxylic acid groups (broad SMARTS) is 4. The molecule has 0 atom stereocenters. The van der Waals surface area contributed by atoms with Gasteiger partial charge < -0.3 is 25.7 Å². The lowest BCUT2D eigenvalue weighted by Gasteiger charge is -2.27. The summed E-state index contributed by atoms with van der Waals surface area (Å²) in [6, 6.07) is 0. The maximum absolute atomic E-state index is 12.0. The van der Waals surface area contributed by atoms with Gasteiger partial charge in [0.1, 0.15) is 0 Å². The molecule has 0 unspecified atom stereocenters. The largest absolute Gasteiger partial charge is 0.480 e. The van der Waals surface area contributed by atoms with E-state index in [0.717, 1.165) is 4.90 Å². The zero-order chi connectivity index (χ0) is 25.2. The van der Waals surface area contributed by atoms with Gasteiger partial charge in [-0.1, -0.05) is 5.11 Å². The van der Waals surface area contributed by atoms with Gasteiger partial charge in [-0.3, -0.25) is 38.7 Å². The Morgan fingerprint density at radius 2 is 1.09 bits per heavy atom. The molecular weight excluding hydrogens is 446 g/mol. The molecule has 0 aliphatic rings. The van der Waals surface area contributed by atoms with Crippen molar-refractivity contribution in [3.8, 4) is 0 Å². The van der Waals surface area contributed by atoms with Gasteiger partial charge in [0.2, 0.25) is 5.91 Å². The van der Waals surface area contributed by atoms with E-state index in [0.29, 0.717) is 6.42 Å². The summed E-state index contributed by atoms with van der Waals surface area (Å²) >= 11 is 0. The number of amides is 1. The molecule has 0 fully saturated rings. The van der Waals surface area contributed by atoms with Crippen molar-refractivity contribution in [1.82, 2.24) is 20.0 Å². The Balaban J connectivity index is 4.90. The van der Waals surface area contributed by atoms with Crippen LogP contribution in [0.4, 0.5) is 0 Å². The van der Waals surface area contributed by atoms with E-state index in [-0.39, 0.29) is 45.8 Å². The normalized spacial score (nSPS) is 10.8. The average molecular weight is 475 g/mol. The molecule has 0 saturated heterocycles. The molecule has 1 amide bonds. The lowest BCUT2D eigenvalue weighted by atomic mass is 10.3. The number of azide groups is 1. The standard InChI is InChI=1S/C17H29N7O9/c18-21-20-3-1-2-19-13(25)8-23(10-15(28)29)6-4-22(9-14(26)27)5-7-24(11-16(30)31)12-17(32)33/h1-12H2,(H,19,25)(H,26,27)(H,28,29)(H,30,31)(H,32,33). The highest BCUT2D eigenvalue weighted by Crippen LogP contribution is 1.97. The predicted molar refractivity (Wildman–Crippen MR) is 112 cm³/mol. The number of hydrogen-bond acceptors (Lipinski definition) is 9. The van der Waals surface area contributed by atoms with Crippen LogP contribution in [0, 0.1) is 0 Å². The first-order valence-electron chi connectivity index (χ1n) is 9.85. The van der Waals surface area contributed by atoms with Crippen molar-refractivity contribution in [2.45, 2.75) is 6.42 Å². The number of carbonyl (C=O) groups is 5. The van der Waals surface area contributed by atoms with Crippen LogP contribution in [0.2, 0.25) is 0 Å².